The van der Waals surface area contributed by atoms with Crippen LogP contribution in [0.1, 0.15) is 28.7 Å². The van der Waals surface area contributed by atoms with Crippen LogP contribution in [0.25, 0.3) is 0 Å². The quantitative estimate of drug-likeness (QED) is 0.278. The number of carbonyl (C=O) groups excluding carboxylic acids is 3. The number of aromatic nitrogens is 2. The summed E-state index contributed by atoms with van der Waals surface area (Å²) in [6.07, 6.45) is 0. The molecular weight excluding hydrogens is 436 g/mol. The molecule has 0 aliphatic carbocycles. The molecule has 0 unspecified atom stereocenters. The zero-order valence-corrected chi connectivity index (χ0v) is 18.9. The molecule has 0 bridgehead atoms. The lowest BCUT2D eigenvalue weighted by atomic mass is 9.82. The second-order valence-electron chi connectivity index (χ2n) is 7.42. The lowest BCUT2D eigenvalue weighted by Crippen LogP contribution is -2.58. The van der Waals surface area contributed by atoms with Gasteiger partial charge in [0.2, 0.25) is 17.6 Å². The number of benzene rings is 1. The van der Waals surface area contributed by atoms with Gasteiger partial charge in [0, 0.05) is 13.8 Å². The van der Waals surface area contributed by atoms with Crippen molar-refractivity contribution in [2.45, 2.75) is 26.3 Å². The van der Waals surface area contributed by atoms with Crippen LogP contribution in [0.4, 0.5) is 4.79 Å². The Labute approximate surface area is 189 Å². The van der Waals surface area contributed by atoms with Crippen LogP contribution in [0.2, 0.25) is 0 Å². The molecule has 1 aromatic heterocycles. The van der Waals surface area contributed by atoms with Crippen LogP contribution in [0.15, 0.2) is 12.1 Å². The number of aliphatic hydroxyl groups is 1. The van der Waals surface area contributed by atoms with Crippen molar-refractivity contribution in [3.63, 3.8) is 0 Å². The SMILES string of the molecule is COc1cc([C@H](c2n(CCO)c(C)c(C)[n+]2[O-])C2C(=O)NC(=O)NC2=O)cc(OC)c1OC. The van der Waals surface area contributed by atoms with Gasteiger partial charge in [0.25, 0.3) is 5.82 Å². The Bertz CT molecular complexity index is 1070. The minimum absolute atomic E-state index is 0.0398. The van der Waals surface area contributed by atoms with E-state index in [9.17, 15) is 24.7 Å². The second kappa shape index (κ2) is 9.36. The molecule has 12 heteroatoms. The molecule has 1 fully saturated rings. The molecule has 1 atom stereocenters. The molecule has 1 saturated heterocycles. The Kier molecular flexibility index (Phi) is 6.77. The molecule has 0 spiro atoms. The van der Waals surface area contributed by atoms with Gasteiger partial charge in [0.1, 0.15) is 29.8 Å². The average molecular weight is 462 g/mol. The summed E-state index contributed by atoms with van der Waals surface area (Å²) < 4.78 is 18.3. The summed E-state index contributed by atoms with van der Waals surface area (Å²) in [5.41, 5.74) is 1.22. The Morgan fingerprint density at radius 1 is 1.06 bits per heavy atom. The van der Waals surface area contributed by atoms with Gasteiger partial charge in [0.15, 0.2) is 11.5 Å². The smallest absolute Gasteiger partial charge is 0.328 e. The van der Waals surface area contributed by atoms with Gasteiger partial charge in [-0.1, -0.05) is 0 Å². The van der Waals surface area contributed by atoms with Crippen molar-refractivity contribution in [2.24, 2.45) is 5.92 Å². The first-order valence-corrected chi connectivity index (χ1v) is 10.1. The van der Waals surface area contributed by atoms with Crippen LogP contribution < -0.4 is 29.6 Å². The fourth-order valence-corrected chi connectivity index (χ4v) is 4.08. The third-order valence-corrected chi connectivity index (χ3v) is 5.74. The van der Waals surface area contributed by atoms with Crippen molar-refractivity contribution in [1.82, 2.24) is 15.2 Å². The Morgan fingerprint density at radius 3 is 2.06 bits per heavy atom. The maximum atomic E-state index is 13.2. The summed E-state index contributed by atoms with van der Waals surface area (Å²) in [5.74, 6) is -3.56. The van der Waals surface area contributed by atoms with Gasteiger partial charge in [-0.05, 0) is 17.7 Å². The average Bonchev–Trinajstić information content (AvgIpc) is 2.98. The summed E-state index contributed by atoms with van der Waals surface area (Å²) in [6, 6.07) is 2.12. The van der Waals surface area contributed by atoms with Crippen LogP contribution in [0.3, 0.4) is 0 Å². The zero-order valence-electron chi connectivity index (χ0n) is 18.9. The normalized spacial score (nSPS) is 15.2. The predicted molar refractivity (Wildman–Crippen MR) is 113 cm³/mol. The molecule has 0 radical (unpaired) electrons. The minimum Gasteiger partial charge on any atom is -0.711 e. The number of ether oxygens (including phenoxy) is 3. The Hall–Kier alpha value is -3.80. The van der Waals surface area contributed by atoms with Crippen molar-refractivity contribution in [1.29, 1.82) is 0 Å². The van der Waals surface area contributed by atoms with E-state index in [1.54, 1.807) is 18.4 Å². The number of barbiturate groups is 1. The summed E-state index contributed by atoms with van der Waals surface area (Å²) in [5, 5.41) is 27.0. The highest BCUT2D eigenvalue weighted by molar-refractivity contribution is 6.16. The van der Waals surface area contributed by atoms with Crippen LogP contribution in [-0.2, 0) is 16.1 Å². The highest BCUT2D eigenvalue weighted by Gasteiger charge is 2.47. The van der Waals surface area contributed by atoms with Gasteiger partial charge >= 0.3 is 6.03 Å². The summed E-state index contributed by atoms with van der Waals surface area (Å²) in [6.45, 7) is 3.05. The maximum Gasteiger partial charge on any atom is 0.328 e. The molecule has 2 aromatic rings. The number of imide groups is 2. The molecule has 33 heavy (non-hydrogen) atoms. The van der Waals surface area contributed by atoms with Crippen molar-refractivity contribution in [3.05, 3.63) is 40.1 Å². The molecular formula is C21H26N4O8. The lowest BCUT2D eigenvalue weighted by molar-refractivity contribution is -0.621. The highest BCUT2D eigenvalue weighted by atomic mass is 16.5. The van der Waals surface area contributed by atoms with Gasteiger partial charge in [0.05, 0.1) is 27.9 Å². The summed E-state index contributed by atoms with van der Waals surface area (Å²) >= 11 is 0. The van der Waals surface area contributed by atoms with E-state index in [1.807, 2.05) is 0 Å². The number of hydrogen-bond donors (Lipinski definition) is 3. The molecule has 3 rings (SSSR count). The topological polar surface area (TPSA) is 155 Å². The standard InChI is InChI=1S/C21H26N4O8/c1-10-11(2)25(30)20(24(10)6-7-26)15(16-18(27)22-21(29)23-19(16)28)12-8-13(31-3)17(33-5)14(9-12)32-4/h8-9,15-16,26H,6-7H2,1-5H3,(H2,22,23,27,28,29)/t15-/m0/s1. The highest BCUT2D eigenvalue weighted by Crippen LogP contribution is 2.43. The number of nitrogens with zero attached hydrogens (tertiary/aromatic N) is 2. The molecule has 178 valence electrons. The van der Waals surface area contributed by atoms with Crippen LogP contribution in [0.5, 0.6) is 17.2 Å². The molecule has 2 heterocycles. The monoisotopic (exact) mass is 462 g/mol. The van der Waals surface area contributed by atoms with Gasteiger partial charge in [-0.3, -0.25) is 20.2 Å². The number of amides is 4. The van der Waals surface area contributed by atoms with Crippen LogP contribution in [-0.4, -0.2) is 55.5 Å². The first-order chi connectivity index (χ1) is 15.7. The third kappa shape index (κ3) is 4.04. The van der Waals surface area contributed by atoms with Crippen LogP contribution in [0, 0.1) is 25.0 Å². The maximum absolute atomic E-state index is 13.2. The molecule has 12 nitrogen and oxygen atoms in total. The van der Waals surface area contributed by atoms with Crippen LogP contribution >= 0.6 is 0 Å². The molecule has 1 aliphatic heterocycles. The number of urea groups is 1. The number of aliphatic hydroxyl groups excluding tert-OH is 1. The molecule has 1 aromatic carbocycles. The molecule has 0 saturated carbocycles. The predicted octanol–water partition coefficient (Wildman–Crippen LogP) is -0.129. The van der Waals surface area contributed by atoms with E-state index in [2.05, 4.69) is 10.6 Å². The van der Waals surface area contributed by atoms with Gasteiger partial charge in [-0.2, -0.15) is 0 Å². The van der Waals surface area contributed by atoms with Crippen molar-refractivity contribution >= 4 is 17.8 Å². The van der Waals surface area contributed by atoms with Gasteiger partial charge in [-0.25, -0.2) is 14.1 Å². The van der Waals surface area contributed by atoms with Crippen molar-refractivity contribution in [3.8, 4) is 17.2 Å². The number of carbonyl (C=O) groups is 3. The Morgan fingerprint density at radius 2 is 1.61 bits per heavy atom. The molecule has 1 aliphatic rings. The van der Waals surface area contributed by atoms with E-state index in [4.69, 9.17) is 14.2 Å². The van der Waals surface area contributed by atoms with E-state index >= 15 is 0 Å². The van der Waals surface area contributed by atoms with Crippen molar-refractivity contribution in [2.75, 3.05) is 27.9 Å². The number of methoxy groups -OCH3 is 3. The van der Waals surface area contributed by atoms with E-state index in [-0.39, 0.29) is 36.2 Å². The second-order valence-corrected chi connectivity index (χ2v) is 7.42. The Balaban J connectivity index is 2.36. The van der Waals surface area contributed by atoms with E-state index < -0.39 is 29.7 Å². The van der Waals surface area contributed by atoms with Gasteiger partial charge < -0.3 is 24.5 Å². The number of imidazole rings is 1. The zero-order chi connectivity index (χ0) is 24.4. The van der Waals surface area contributed by atoms with E-state index in [1.165, 1.54) is 33.5 Å². The summed E-state index contributed by atoms with van der Waals surface area (Å²) in [4.78, 5) is 37.4. The largest absolute Gasteiger partial charge is 0.711 e. The number of nitrogens with one attached hydrogen (secondary N) is 2. The molecule has 3 N–H and O–H groups in total. The third-order valence-electron chi connectivity index (χ3n) is 5.74. The minimum atomic E-state index is -1.48. The lowest BCUT2D eigenvalue weighted by Gasteiger charge is -2.28. The van der Waals surface area contributed by atoms with Gasteiger partial charge in [-0.15, -0.1) is 0 Å². The fraction of sp³-hybridized carbons (Fsp3) is 0.429. The first-order valence-electron chi connectivity index (χ1n) is 10.1. The number of hydrogen-bond acceptors (Lipinski definition) is 8. The number of rotatable bonds is 8. The molecule has 4 amide bonds. The van der Waals surface area contributed by atoms with E-state index in [0.717, 1.165) is 0 Å². The first kappa shape index (κ1) is 23.9. The fourth-order valence-electron chi connectivity index (χ4n) is 4.08. The summed E-state index contributed by atoms with van der Waals surface area (Å²) in [7, 11) is 4.24. The van der Waals surface area contributed by atoms with Crippen molar-refractivity contribution < 1.29 is 38.4 Å². The van der Waals surface area contributed by atoms with E-state index in [0.29, 0.717) is 21.7 Å².